The summed E-state index contributed by atoms with van der Waals surface area (Å²) < 4.78 is 16.4. The number of esters is 1. The van der Waals surface area contributed by atoms with E-state index in [9.17, 15) is 9.59 Å². The van der Waals surface area contributed by atoms with Gasteiger partial charge in [-0.1, -0.05) is 13.8 Å². The van der Waals surface area contributed by atoms with Gasteiger partial charge in [0.25, 0.3) is 0 Å². The number of hydrogen-bond donors (Lipinski definition) is 0. The van der Waals surface area contributed by atoms with Gasteiger partial charge in [0, 0.05) is 11.6 Å². The van der Waals surface area contributed by atoms with Crippen LogP contribution in [-0.4, -0.2) is 18.9 Å². The van der Waals surface area contributed by atoms with Crippen molar-refractivity contribution in [3.63, 3.8) is 0 Å². The van der Waals surface area contributed by atoms with Gasteiger partial charge in [0.15, 0.2) is 5.76 Å². The van der Waals surface area contributed by atoms with E-state index in [4.69, 9.17) is 14.2 Å². The smallest absolute Gasteiger partial charge is 0.308 e. The van der Waals surface area contributed by atoms with E-state index in [1.165, 1.54) is 7.11 Å². The molecule has 0 aromatic heterocycles. The molecule has 0 fully saturated rings. The summed E-state index contributed by atoms with van der Waals surface area (Å²) in [6, 6.07) is 3.35. The summed E-state index contributed by atoms with van der Waals surface area (Å²) >= 11 is 0. The largest absolute Gasteiger partial charge is 0.496 e. The lowest BCUT2D eigenvalue weighted by atomic mass is 10.0. The first-order valence-electron chi connectivity index (χ1n) is 7.58. The van der Waals surface area contributed by atoms with Crippen molar-refractivity contribution in [2.24, 2.45) is 5.92 Å². The predicted octanol–water partition coefficient (Wildman–Crippen LogP) is 3.82. The van der Waals surface area contributed by atoms with Crippen LogP contribution in [0.15, 0.2) is 23.5 Å². The third-order valence-electron chi connectivity index (χ3n) is 3.65. The maximum absolute atomic E-state index is 12.4. The zero-order valence-electron chi connectivity index (χ0n) is 14.4. The Morgan fingerprint density at radius 1 is 1.17 bits per heavy atom. The van der Waals surface area contributed by atoms with Crippen LogP contribution in [0.3, 0.4) is 0 Å². The highest BCUT2D eigenvalue weighted by Gasteiger charge is 2.31. The summed E-state index contributed by atoms with van der Waals surface area (Å²) in [7, 11) is 1.53. The second-order valence-corrected chi connectivity index (χ2v) is 6.08. The Balaban J connectivity index is 2.42. The second kappa shape index (κ2) is 6.44. The Morgan fingerprint density at radius 3 is 2.35 bits per heavy atom. The lowest BCUT2D eigenvalue weighted by Gasteiger charge is -2.18. The minimum absolute atomic E-state index is 0.161. The number of ketones is 1. The fraction of sp³-hybridized carbons (Fsp3) is 0.444. The van der Waals surface area contributed by atoms with E-state index >= 15 is 0 Å². The molecule has 2 rings (SSSR count). The molecule has 1 aromatic carbocycles. The van der Waals surface area contributed by atoms with Crippen molar-refractivity contribution in [3.05, 3.63) is 34.6 Å². The molecule has 0 saturated carbocycles. The number of ether oxygens (including phenoxy) is 3. The van der Waals surface area contributed by atoms with Crippen molar-refractivity contribution in [1.82, 2.24) is 0 Å². The van der Waals surface area contributed by atoms with Gasteiger partial charge in [0.05, 0.1) is 18.6 Å². The fourth-order valence-corrected chi connectivity index (χ4v) is 2.32. The highest BCUT2D eigenvalue weighted by molar-refractivity contribution is 6.12. The van der Waals surface area contributed by atoms with Crippen LogP contribution in [0.25, 0.3) is 0 Å². The average Bonchev–Trinajstić information content (AvgIpc) is 2.82. The summed E-state index contributed by atoms with van der Waals surface area (Å²) in [5.74, 6) is 0.648. The van der Waals surface area contributed by atoms with Gasteiger partial charge in [-0.25, -0.2) is 0 Å². The first-order chi connectivity index (χ1) is 10.8. The number of methoxy groups -OCH3 is 1. The molecule has 0 radical (unpaired) electrons. The SMILES string of the molecule is COc1cc2c(cc1[C@H](C)OC(=O)C(C)C)C(=O)C(=C(C)C)O2. The van der Waals surface area contributed by atoms with Crippen LogP contribution in [0, 0.1) is 5.92 Å². The zero-order valence-corrected chi connectivity index (χ0v) is 14.4. The molecule has 0 amide bonds. The van der Waals surface area contributed by atoms with E-state index in [0.29, 0.717) is 28.4 Å². The molecule has 0 saturated heterocycles. The lowest BCUT2D eigenvalue weighted by molar-refractivity contribution is -0.152. The van der Waals surface area contributed by atoms with Crippen LogP contribution in [0.4, 0.5) is 0 Å². The Bertz CT molecular complexity index is 681. The van der Waals surface area contributed by atoms with Crippen LogP contribution in [0.1, 0.15) is 56.6 Å². The Morgan fingerprint density at radius 2 is 1.83 bits per heavy atom. The molecule has 0 unspecified atom stereocenters. The normalized spacial score (nSPS) is 14.4. The number of allylic oxidation sites excluding steroid dienone is 2. The number of fused-ring (bicyclic) bond motifs is 1. The van der Waals surface area contributed by atoms with Gasteiger partial charge in [0.1, 0.15) is 17.6 Å². The zero-order chi connectivity index (χ0) is 17.3. The van der Waals surface area contributed by atoms with Crippen LogP contribution in [-0.2, 0) is 9.53 Å². The number of carbonyl (C=O) groups excluding carboxylic acids is 2. The molecule has 0 N–H and O–H groups in total. The van der Waals surface area contributed by atoms with E-state index in [1.807, 2.05) is 13.8 Å². The van der Waals surface area contributed by atoms with Crippen molar-refractivity contribution in [2.45, 2.75) is 40.7 Å². The highest BCUT2D eigenvalue weighted by atomic mass is 16.5. The van der Waals surface area contributed by atoms with Crippen LogP contribution in [0.2, 0.25) is 0 Å². The molecule has 0 spiro atoms. The molecule has 1 atom stereocenters. The number of benzene rings is 1. The first kappa shape index (κ1) is 17.1. The number of Topliss-reactive ketones (excluding diaryl/α,β-unsaturated/α-hetero) is 1. The highest BCUT2D eigenvalue weighted by Crippen LogP contribution is 2.40. The molecule has 0 aliphatic carbocycles. The van der Waals surface area contributed by atoms with E-state index in [-0.39, 0.29) is 17.7 Å². The summed E-state index contributed by atoms with van der Waals surface area (Å²) in [6.07, 6.45) is -0.520. The summed E-state index contributed by atoms with van der Waals surface area (Å²) in [6.45, 7) is 8.95. The molecular formula is C18H22O5. The average molecular weight is 318 g/mol. The van der Waals surface area contributed by atoms with Gasteiger partial charge >= 0.3 is 5.97 Å². The molecule has 1 aliphatic rings. The number of hydrogen-bond acceptors (Lipinski definition) is 5. The van der Waals surface area contributed by atoms with E-state index < -0.39 is 6.10 Å². The summed E-state index contributed by atoms with van der Waals surface area (Å²) in [5.41, 5.74) is 1.92. The molecule has 1 heterocycles. The minimum Gasteiger partial charge on any atom is -0.496 e. The predicted molar refractivity (Wildman–Crippen MR) is 85.7 cm³/mol. The summed E-state index contributed by atoms with van der Waals surface area (Å²) in [5, 5.41) is 0. The molecule has 1 aromatic rings. The molecule has 23 heavy (non-hydrogen) atoms. The van der Waals surface area contributed by atoms with Gasteiger partial charge < -0.3 is 14.2 Å². The topological polar surface area (TPSA) is 61.8 Å². The van der Waals surface area contributed by atoms with Gasteiger partial charge in [-0.15, -0.1) is 0 Å². The van der Waals surface area contributed by atoms with E-state index in [2.05, 4.69) is 0 Å². The van der Waals surface area contributed by atoms with Crippen molar-refractivity contribution >= 4 is 11.8 Å². The number of rotatable bonds is 4. The van der Waals surface area contributed by atoms with E-state index in [0.717, 1.165) is 5.57 Å². The van der Waals surface area contributed by atoms with Gasteiger partial charge in [-0.05, 0) is 32.4 Å². The van der Waals surface area contributed by atoms with Crippen molar-refractivity contribution in [1.29, 1.82) is 0 Å². The van der Waals surface area contributed by atoms with Gasteiger partial charge in [0.2, 0.25) is 5.78 Å². The Kier molecular flexibility index (Phi) is 4.78. The molecule has 0 bridgehead atoms. The Labute approximate surface area is 136 Å². The second-order valence-electron chi connectivity index (χ2n) is 6.08. The van der Waals surface area contributed by atoms with Crippen LogP contribution < -0.4 is 9.47 Å². The molecule has 1 aliphatic heterocycles. The van der Waals surface area contributed by atoms with Crippen LogP contribution in [0.5, 0.6) is 11.5 Å². The molecular weight excluding hydrogens is 296 g/mol. The maximum Gasteiger partial charge on any atom is 0.308 e. The third kappa shape index (κ3) is 3.23. The van der Waals surface area contributed by atoms with Crippen LogP contribution >= 0.6 is 0 Å². The maximum atomic E-state index is 12.4. The quantitative estimate of drug-likeness (QED) is 0.624. The van der Waals surface area contributed by atoms with E-state index in [1.54, 1.807) is 32.9 Å². The standard InChI is InChI=1S/C18H22O5/c1-9(2)17-16(19)13-7-12(11(5)22-18(20)10(3)4)14(21-6)8-15(13)23-17/h7-8,10-11H,1-6H3/t11-/m0/s1. The molecule has 5 heteroatoms. The van der Waals surface area contributed by atoms with Crippen molar-refractivity contribution < 1.29 is 23.8 Å². The van der Waals surface area contributed by atoms with Gasteiger partial charge in [-0.3, -0.25) is 9.59 Å². The number of carbonyl (C=O) groups is 2. The molecule has 5 nitrogen and oxygen atoms in total. The fourth-order valence-electron chi connectivity index (χ4n) is 2.32. The summed E-state index contributed by atoms with van der Waals surface area (Å²) in [4.78, 5) is 24.2. The minimum atomic E-state index is -0.520. The van der Waals surface area contributed by atoms with Crippen molar-refractivity contribution in [2.75, 3.05) is 7.11 Å². The Hall–Kier alpha value is -2.30. The van der Waals surface area contributed by atoms with Gasteiger partial charge in [-0.2, -0.15) is 0 Å². The lowest BCUT2D eigenvalue weighted by Crippen LogP contribution is -2.15. The first-order valence-corrected chi connectivity index (χ1v) is 7.58. The molecule has 124 valence electrons. The third-order valence-corrected chi connectivity index (χ3v) is 3.65. The van der Waals surface area contributed by atoms with Crippen molar-refractivity contribution in [3.8, 4) is 11.5 Å². The monoisotopic (exact) mass is 318 g/mol.